The first-order chi connectivity index (χ1) is 14.5. The van der Waals surface area contributed by atoms with Crippen molar-refractivity contribution in [3.63, 3.8) is 0 Å². The SMILES string of the molecule is Cc1ccccc1Cn1cccc1C[NH+](CC(C)C)C[C@H](O)COCc1ccco1. The Kier molecular flexibility index (Phi) is 8.31. The van der Waals surface area contributed by atoms with Gasteiger partial charge in [-0.05, 0) is 42.3 Å². The van der Waals surface area contributed by atoms with Crippen LogP contribution >= 0.6 is 0 Å². The van der Waals surface area contributed by atoms with Crippen LogP contribution in [-0.2, 0) is 24.4 Å². The Balaban J connectivity index is 1.58. The fraction of sp³-hybridized carbons (Fsp3) is 0.440. The summed E-state index contributed by atoms with van der Waals surface area (Å²) in [6.07, 6.45) is 3.28. The molecule has 0 bridgehead atoms. The fourth-order valence-electron chi connectivity index (χ4n) is 3.88. The van der Waals surface area contributed by atoms with E-state index in [1.807, 2.05) is 12.1 Å². The van der Waals surface area contributed by atoms with Gasteiger partial charge in [0.2, 0.25) is 0 Å². The Morgan fingerprint density at radius 3 is 2.63 bits per heavy atom. The van der Waals surface area contributed by atoms with Gasteiger partial charge in [-0.1, -0.05) is 38.1 Å². The zero-order valence-corrected chi connectivity index (χ0v) is 18.4. The fourth-order valence-corrected chi connectivity index (χ4v) is 3.88. The third-order valence-corrected chi connectivity index (χ3v) is 5.31. The quantitative estimate of drug-likeness (QED) is 0.482. The summed E-state index contributed by atoms with van der Waals surface area (Å²) in [4.78, 5) is 1.36. The number of hydrogen-bond acceptors (Lipinski definition) is 3. The van der Waals surface area contributed by atoms with Crippen LogP contribution in [0.4, 0.5) is 0 Å². The van der Waals surface area contributed by atoms with Crippen molar-refractivity contribution in [1.29, 1.82) is 0 Å². The van der Waals surface area contributed by atoms with Crippen molar-refractivity contribution in [3.8, 4) is 0 Å². The molecule has 2 N–H and O–H groups in total. The summed E-state index contributed by atoms with van der Waals surface area (Å²) in [5.74, 6) is 1.33. The molecule has 2 aromatic heterocycles. The lowest BCUT2D eigenvalue weighted by Crippen LogP contribution is -3.12. The molecule has 3 rings (SSSR count). The Morgan fingerprint density at radius 2 is 1.90 bits per heavy atom. The lowest BCUT2D eigenvalue weighted by molar-refractivity contribution is -0.920. The summed E-state index contributed by atoms with van der Waals surface area (Å²) < 4.78 is 13.2. The summed E-state index contributed by atoms with van der Waals surface area (Å²) in [6.45, 7) is 10.7. The van der Waals surface area contributed by atoms with Gasteiger partial charge in [-0.15, -0.1) is 0 Å². The highest BCUT2D eigenvalue weighted by Crippen LogP contribution is 2.11. The monoisotopic (exact) mass is 411 g/mol. The molecule has 5 nitrogen and oxygen atoms in total. The Labute approximate surface area is 179 Å². The standard InChI is InChI=1S/C25H34N2O3/c1-20(2)14-26(17-24(28)18-29-19-25-11-7-13-30-25)16-23-10-6-12-27(23)15-22-9-5-4-8-21(22)3/h4-13,20,24,28H,14-19H2,1-3H3/p+1/t24-/m0/s1. The van der Waals surface area contributed by atoms with E-state index in [-0.39, 0.29) is 0 Å². The van der Waals surface area contributed by atoms with E-state index in [0.29, 0.717) is 25.7 Å². The number of benzene rings is 1. The average molecular weight is 412 g/mol. The van der Waals surface area contributed by atoms with Crippen LogP contribution in [0.5, 0.6) is 0 Å². The Morgan fingerprint density at radius 1 is 1.07 bits per heavy atom. The minimum absolute atomic E-state index is 0.312. The number of nitrogens with one attached hydrogen (secondary N) is 1. The van der Waals surface area contributed by atoms with E-state index in [1.54, 1.807) is 6.26 Å². The van der Waals surface area contributed by atoms with Crippen LogP contribution in [0.3, 0.4) is 0 Å². The van der Waals surface area contributed by atoms with E-state index < -0.39 is 6.10 Å². The molecule has 1 unspecified atom stereocenters. The summed E-state index contributed by atoms with van der Waals surface area (Å²) >= 11 is 0. The van der Waals surface area contributed by atoms with Gasteiger partial charge in [0.1, 0.15) is 31.6 Å². The molecule has 0 spiro atoms. The predicted molar refractivity (Wildman–Crippen MR) is 118 cm³/mol. The topological polar surface area (TPSA) is 52.0 Å². The highest BCUT2D eigenvalue weighted by Gasteiger charge is 2.19. The first kappa shape index (κ1) is 22.3. The van der Waals surface area contributed by atoms with Crippen molar-refractivity contribution >= 4 is 0 Å². The molecule has 0 aliphatic carbocycles. The van der Waals surface area contributed by atoms with E-state index in [2.05, 4.69) is 67.9 Å². The summed E-state index contributed by atoms with van der Waals surface area (Å²) in [7, 11) is 0. The van der Waals surface area contributed by atoms with Crippen molar-refractivity contribution in [2.24, 2.45) is 5.92 Å². The van der Waals surface area contributed by atoms with E-state index in [4.69, 9.17) is 9.15 Å². The zero-order chi connectivity index (χ0) is 21.3. The largest absolute Gasteiger partial charge is 0.467 e. The van der Waals surface area contributed by atoms with Gasteiger partial charge >= 0.3 is 0 Å². The van der Waals surface area contributed by atoms with Crippen LogP contribution in [0.25, 0.3) is 0 Å². The second-order valence-corrected chi connectivity index (χ2v) is 8.53. The maximum absolute atomic E-state index is 10.5. The summed E-state index contributed by atoms with van der Waals surface area (Å²) in [6, 6.07) is 16.6. The number of hydrogen-bond donors (Lipinski definition) is 2. The van der Waals surface area contributed by atoms with E-state index in [9.17, 15) is 5.11 Å². The van der Waals surface area contributed by atoms with Gasteiger partial charge in [0.15, 0.2) is 0 Å². The van der Waals surface area contributed by atoms with Crippen molar-refractivity contribution in [2.45, 2.75) is 46.6 Å². The van der Waals surface area contributed by atoms with Crippen LogP contribution in [-0.4, -0.2) is 35.5 Å². The first-order valence-corrected chi connectivity index (χ1v) is 10.8. The van der Waals surface area contributed by atoms with Crippen molar-refractivity contribution in [3.05, 3.63) is 83.6 Å². The van der Waals surface area contributed by atoms with Gasteiger partial charge in [-0.3, -0.25) is 0 Å². The minimum atomic E-state index is -0.506. The Bertz CT molecular complexity index is 870. The maximum atomic E-state index is 10.5. The number of aryl methyl sites for hydroxylation is 1. The molecule has 5 heteroatoms. The minimum Gasteiger partial charge on any atom is -0.467 e. The molecule has 0 amide bonds. The van der Waals surface area contributed by atoms with Crippen molar-refractivity contribution in [2.75, 3.05) is 19.7 Å². The molecular weight excluding hydrogens is 376 g/mol. The lowest BCUT2D eigenvalue weighted by Gasteiger charge is -2.24. The Hall–Kier alpha value is -2.34. The molecule has 0 radical (unpaired) electrons. The number of furan rings is 1. The van der Waals surface area contributed by atoms with Crippen LogP contribution in [0.15, 0.2) is 65.4 Å². The summed E-state index contributed by atoms with van der Waals surface area (Å²) in [5.41, 5.74) is 3.94. The van der Waals surface area contributed by atoms with Crippen LogP contribution < -0.4 is 4.90 Å². The van der Waals surface area contributed by atoms with Gasteiger partial charge < -0.3 is 23.7 Å². The number of ether oxygens (including phenoxy) is 1. The maximum Gasteiger partial charge on any atom is 0.129 e. The summed E-state index contributed by atoms with van der Waals surface area (Å²) in [5, 5.41) is 10.5. The van der Waals surface area contributed by atoms with Crippen LogP contribution in [0.2, 0.25) is 0 Å². The number of rotatable bonds is 12. The number of quaternary nitrogens is 1. The molecule has 2 atom stereocenters. The van der Waals surface area contributed by atoms with Gasteiger partial charge in [0.25, 0.3) is 0 Å². The van der Waals surface area contributed by atoms with Gasteiger partial charge in [0.05, 0.1) is 25.1 Å². The van der Waals surface area contributed by atoms with E-state index >= 15 is 0 Å². The number of aromatic nitrogens is 1. The highest BCUT2D eigenvalue weighted by atomic mass is 16.5. The molecule has 3 aromatic rings. The first-order valence-electron chi connectivity index (χ1n) is 10.8. The molecule has 0 aliphatic rings. The van der Waals surface area contributed by atoms with Gasteiger partial charge in [-0.25, -0.2) is 0 Å². The average Bonchev–Trinajstić information content (AvgIpc) is 3.35. The van der Waals surface area contributed by atoms with Gasteiger partial charge in [-0.2, -0.15) is 0 Å². The van der Waals surface area contributed by atoms with Crippen molar-refractivity contribution < 1.29 is 19.2 Å². The smallest absolute Gasteiger partial charge is 0.129 e. The molecule has 2 heterocycles. The third kappa shape index (κ3) is 6.87. The predicted octanol–water partition coefficient (Wildman–Crippen LogP) is 3.06. The third-order valence-electron chi connectivity index (χ3n) is 5.31. The van der Waals surface area contributed by atoms with Crippen molar-refractivity contribution in [1.82, 2.24) is 4.57 Å². The molecule has 1 aromatic carbocycles. The number of aliphatic hydroxyl groups excluding tert-OH is 1. The lowest BCUT2D eigenvalue weighted by atomic mass is 10.1. The molecule has 30 heavy (non-hydrogen) atoms. The second-order valence-electron chi connectivity index (χ2n) is 8.53. The second kappa shape index (κ2) is 11.2. The molecule has 0 saturated carbocycles. The molecule has 0 aliphatic heterocycles. The highest BCUT2D eigenvalue weighted by molar-refractivity contribution is 5.26. The number of aliphatic hydroxyl groups is 1. The zero-order valence-electron chi connectivity index (χ0n) is 18.4. The molecule has 0 saturated heterocycles. The molecule has 162 valence electrons. The van der Waals surface area contributed by atoms with E-state index in [0.717, 1.165) is 25.4 Å². The normalized spacial score (nSPS) is 13.6. The van der Waals surface area contributed by atoms with Crippen LogP contribution in [0, 0.1) is 12.8 Å². The van der Waals surface area contributed by atoms with Gasteiger partial charge in [0, 0.05) is 18.7 Å². The molecule has 0 fully saturated rings. The molecular formula is C25H35N2O3+. The number of nitrogens with zero attached hydrogens (tertiary/aromatic N) is 1. The van der Waals surface area contributed by atoms with Crippen LogP contribution in [0.1, 0.15) is 36.4 Å². The van der Waals surface area contributed by atoms with E-state index in [1.165, 1.54) is 21.7 Å².